The number of carbonyl (C=O) groups excluding carboxylic acids is 1. The summed E-state index contributed by atoms with van der Waals surface area (Å²) in [6, 6.07) is 3.36. The van der Waals surface area contributed by atoms with E-state index in [4.69, 9.17) is 0 Å². The predicted molar refractivity (Wildman–Crippen MR) is 56.7 cm³/mol. The normalized spacial score (nSPS) is 15.2. The molecule has 0 spiro atoms. The summed E-state index contributed by atoms with van der Waals surface area (Å²) >= 11 is 0. The minimum Gasteiger partial charge on any atom is -0.372 e. The van der Waals surface area contributed by atoms with Crippen LogP contribution in [0.3, 0.4) is 0 Å². The van der Waals surface area contributed by atoms with Crippen LogP contribution in [0.15, 0.2) is 24.3 Å². The number of carbonyl (C=O) groups is 1. The highest BCUT2D eigenvalue weighted by Gasteiger charge is 2.61. The molecule has 1 unspecified atom stereocenters. The zero-order valence-electron chi connectivity index (χ0n) is 9.63. The molecular weight excluding hydrogens is 273 g/mol. The van der Waals surface area contributed by atoms with Crippen molar-refractivity contribution in [1.29, 1.82) is 0 Å². The highest BCUT2D eigenvalue weighted by molar-refractivity contribution is 5.88. The monoisotopic (exact) mass is 283 g/mol. The summed E-state index contributed by atoms with van der Waals surface area (Å²) in [5.74, 6) is -0.465. The van der Waals surface area contributed by atoms with Crippen molar-refractivity contribution in [2.45, 2.75) is 25.1 Å². The second-order valence-electron chi connectivity index (χ2n) is 3.82. The van der Waals surface area contributed by atoms with Crippen LogP contribution in [0.25, 0.3) is 0 Å². The lowest BCUT2D eigenvalue weighted by molar-refractivity contribution is -0.305. The minimum atomic E-state index is -5.52. The van der Waals surface area contributed by atoms with E-state index in [0.717, 1.165) is 12.1 Å². The smallest absolute Gasteiger partial charge is 0.372 e. The molecule has 0 fully saturated rings. The highest BCUT2D eigenvalue weighted by Crippen LogP contribution is 2.43. The molecule has 0 aromatic heterocycles. The molecule has 1 atom stereocenters. The lowest BCUT2D eigenvalue weighted by Crippen LogP contribution is -2.48. The number of halogens is 5. The number of hydrogen-bond acceptors (Lipinski definition) is 2. The Morgan fingerprint density at radius 1 is 1.21 bits per heavy atom. The Morgan fingerprint density at radius 2 is 1.68 bits per heavy atom. The van der Waals surface area contributed by atoms with Gasteiger partial charge in [-0.3, -0.25) is 4.79 Å². The molecule has 0 aliphatic carbocycles. The van der Waals surface area contributed by atoms with Gasteiger partial charge in [0.15, 0.2) is 0 Å². The van der Waals surface area contributed by atoms with Crippen molar-refractivity contribution in [3.63, 3.8) is 0 Å². The maximum absolute atomic E-state index is 12.6. The first-order valence-electron chi connectivity index (χ1n) is 5.04. The number of benzene rings is 1. The molecule has 0 saturated carbocycles. The third kappa shape index (κ3) is 3.01. The fourth-order valence-corrected chi connectivity index (χ4v) is 1.42. The van der Waals surface area contributed by atoms with Crippen molar-refractivity contribution in [3.05, 3.63) is 29.8 Å². The summed E-state index contributed by atoms with van der Waals surface area (Å²) < 4.78 is 62.7. The molecule has 8 heteroatoms. The van der Waals surface area contributed by atoms with E-state index in [1.165, 1.54) is 6.92 Å². The Kier molecular flexibility index (Phi) is 4.14. The second-order valence-corrected chi connectivity index (χ2v) is 3.82. The number of aliphatic hydroxyl groups is 1. The molecule has 2 N–H and O–H groups in total. The van der Waals surface area contributed by atoms with E-state index in [2.05, 4.69) is 5.32 Å². The maximum atomic E-state index is 12.6. The van der Waals surface area contributed by atoms with Gasteiger partial charge in [0.1, 0.15) is 0 Å². The summed E-state index contributed by atoms with van der Waals surface area (Å²) in [5, 5.41) is 11.5. The number of anilines is 1. The Labute approximate surface area is 105 Å². The molecule has 0 bridgehead atoms. The predicted octanol–water partition coefficient (Wildman–Crippen LogP) is 2.66. The summed E-state index contributed by atoms with van der Waals surface area (Å²) in [6.45, 7) is 1.18. The van der Waals surface area contributed by atoms with Gasteiger partial charge in [-0.05, 0) is 17.7 Å². The first kappa shape index (κ1) is 15.4. The molecule has 0 aliphatic heterocycles. The minimum absolute atomic E-state index is 0.134. The lowest BCUT2D eigenvalue weighted by atomic mass is 9.93. The Hall–Kier alpha value is -1.70. The van der Waals surface area contributed by atoms with E-state index < -0.39 is 29.7 Å². The summed E-state index contributed by atoms with van der Waals surface area (Å²) in [7, 11) is 0. The van der Waals surface area contributed by atoms with Crippen molar-refractivity contribution in [1.82, 2.24) is 0 Å². The molecular formula is C11H10F5NO2. The summed E-state index contributed by atoms with van der Waals surface area (Å²) in [5.41, 5.74) is -5.10. The Bertz CT molecular complexity index is 457. The van der Waals surface area contributed by atoms with Crippen molar-refractivity contribution < 1.29 is 31.9 Å². The number of alkyl halides is 5. The van der Waals surface area contributed by atoms with Crippen molar-refractivity contribution in [2.75, 3.05) is 5.32 Å². The van der Waals surface area contributed by atoms with E-state index in [9.17, 15) is 31.9 Å². The van der Waals surface area contributed by atoms with E-state index in [-0.39, 0.29) is 5.69 Å². The summed E-state index contributed by atoms with van der Waals surface area (Å²) in [6.07, 6.45) is -9.55. The molecule has 0 aliphatic rings. The molecule has 0 saturated heterocycles. The first-order chi connectivity index (χ1) is 8.59. The SMILES string of the molecule is CC(=O)Nc1ccc(C(O)(C(F)F)C(F)(F)F)cc1. The van der Waals surface area contributed by atoms with Crippen molar-refractivity contribution in [3.8, 4) is 0 Å². The molecule has 1 aromatic rings. The van der Waals surface area contributed by atoms with Gasteiger partial charge < -0.3 is 10.4 Å². The van der Waals surface area contributed by atoms with Gasteiger partial charge in [0, 0.05) is 12.6 Å². The van der Waals surface area contributed by atoms with Gasteiger partial charge in [0.2, 0.25) is 11.5 Å². The Morgan fingerprint density at radius 3 is 2.00 bits per heavy atom. The van der Waals surface area contributed by atoms with Gasteiger partial charge in [0.05, 0.1) is 0 Å². The van der Waals surface area contributed by atoms with Crippen molar-refractivity contribution >= 4 is 11.6 Å². The van der Waals surface area contributed by atoms with Gasteiger partial charge in [-0.15, -0.1) is 0 Å². The van der Waals surface area contributed by atoms with E-state index in [1.54, 1.807) is 0 Å². The van der Waals surface area contributed by atoms with Crippen LogP contribution in [0.2, 0.25) is 0 Å². The van der Waals surface area contributed by atoms with E-state index in [0.29, 0.717) is 12.1 Å². The van der Waals surface area contributed by atoms with Crippen LogP contribution in [0.5, 0.6) is 0 Å². The Balaban J connectivity index is 3.16. The zero-order chi connectivity index (χ0) is 14.8. The largest absolute Gasteiger partial charge is 0.427 e. The maximum Gasteiger partial charge on any atom is 0.427 e. The van der Waals surface area contributed by atoms with E-state index >= 15 is 0 Å². The summed E-state index contributed by atoms with van der Waals surface area (Å²) in [4.78, 5) is 10.7. The number of rotatable bonds is 3. The molecule has 1 amide bonds. The van der Waals surface area contributed by atoms with Gasteiger partial charge in [0.25, 0.3) is 6.43 Å². The topological polar surface area (TPSA) is 49.3 Å². The second kappa shape index (κ2) is 5.12. The highest BCUT2D eigenvalue weighted by atomic mass is 19.4. The zero-order valence-corrected chi connectivity index (χ0v) is 9.63. The average molecular weight is 283 g/mol. The number of hydrogen-bond donors (Lipinski definition) is 2. The molecule has 0 radical (unpaired) electrons. The van der Waals surface area contributed by atoms with Crippen LogP contribution in [-0.4, -0.2) is 23.6 Å². The van der Waals surface area contributed by atoms with Crippen LogP contribution in [0.4, 0.5) is 27.6 Å². The van der Waals surface area contributed by atoms with E-state index in [1.807, 2.05) is 0 Å². The molecule has 1 rings (SSSR count). The first-order valence-corrected chi connectivity index (χ1v) is 5.04. The van der Waals surface area contributed by atoms with Crippen LogP contribution >= 0.6 is 0 Å². The fraction of sp³-hybridized carbons (Fsp3) is 0.364. The van der Waals surface area contributed by atoms with Crippen LogP contribution in [-0.2, 0) is 10.4 Å². The van der Waals surface area contributed by atoms with Gasteiger partial charge >= 0.3 is 6.18 Å². The molecule has 3 nitrogen and oxygen atoms in total. The van der Waals surface area contributed by atoms with Gasteiger partial charge in [-0.1, -0.05) is 12.1 Å². The molecule has 1 aromatic carbocycles. The molecule has 106 valence electrons. The van der Waals surface area contributed by atoms with Gasteiger partial charge in [-0.25, -0.2) is 8.78 Å². The van der Waals surface area contributed by atoms with Gasteiger partial charge in [-0.2, -0.15) is 13.2 Å². The fourth-order valence-electron chi connectivity index (χ4n) is 1.42. The van der Waals surface area contributed by atoms with Crippen LogP contribution < -0.4 is 5.32 Å². The molecule has 19 heavy (non-hydrogen) atoms. The third-order valence-electron chi connectivity index (χ3n) is 2.39. The quantitative estimate of drug-likeness (QED) is 0.838. The van der Waals surface area contributed by atoms with Crippen LogP contribution in [0, 0.1) is 0 Å². The molecule has 0 heterocycles. The average Bonchev–Trinajstić information content (AvgIpc) is 2.26. The van der Waals surface area contributed by atoms with Crippen molar-refractivity contribution in [2.24, 2.45) is 0 Å². The standard InChI is InChI=1S/C11H10F5NO2/c1-6(18)17-8-4-2-7(3-5-8)10(19,9(12)13)11(14,15)16/h2-5,9,19H,1H3,(H,17,18). The van der Waals surface area contributed by atoms with Crippen LogP contribution in [0.1, 0.15) is 12.5 Å². The third-order valence-corrected chi connectivity index (χ3v) is 2.39. The lowest BCUT2D eigenvalue weighted by Gasteiger charge is -2.30. The number of nitrogens with one attached hydrogen (secondary N) is 1. The number of amides is 1.